The molecule has 4 nitrogen and oxygen atoms in total. The summed E-state index contributed by atoms with van der Waals surface area (Å²) in [7, 11) is 1.62. The normalized spacial score (nSPS) is 11.6. The van der Waals surface area contributed by atoms with Gasteiger partial charge in [-0.1, -0.05) is 78.4 Å². The van der Waals surface area contributed by atoms with Crippen molar-refractivity contribution in [2.75, 3.05) is 7.05 Å². The van der Waals surface area contributed by atoms with Gasteiger partial charge in [0, 0.05) is 20.0 Å². The van der Waals surface area contributed by atoms with Crippen molar-refractivity contribution in [1.82, 2.24) is 10.2 Å². The van der Waals surface area contributed by atoms with Crippen molar-refractivity contribution in [3.05, 3.63) is 106 Å². The van der Waals surface area contributed by atoms with Gasteiger partial charge in [-0.15, -0.1) is 0 Å². The Bertz CT molecular complexity index is 1060. The van der Waals surface area contributed by atoms with Crippen LogP contribution in [0.15, 0.2) is 72.8 Å². The van der Waals surface area contributed by atoms with E-state index in [-0.39, 0.29) is 18.2 Å². The maximum absolute atomic E-state index is 13.6. The molecular weight excluding hydrogens is 396 g/mol. The molecule has 0 fully saturated rings. The zero-order chi connectivity index (χ0) is 23.1. The van der Waals surface area contributed by atoms with Gasteiger partial charge in [-0.2, -0.15) is 0 Å². The fourth-order valence-electron chi connectivity index (χ4n) is 3.80. The first kappa shape index (κ1) is 23.3. The first-order chi connectivity index (χ1) is 15.4. The largest absolute Gasteiger partial charge is 0.357 e. The van der Waals surface area contributed by atoms with Crippen molar-refractivity contribution in [1.29, 1.82) is 0 Å². The van der Waals surface area contributed by atoms with Crippen molar-refractivity contribution in [3.63, 3.8) is 0 Å². The summed E-state index contributed by atoms with van der Waals surface area (Å²) in [6.45, 7) is 6.53. The van der Waals surface area contributed by atoms with E-state index in [1.807, 2.05) is 73.7 Å². The summed E-state index contributed by atoms with van der Waals surface area (Å²) >= 11 is 0. The van der Waals surface area contributed by atoms with E-state index in [1.165, 1.54) is 5.56 Å². The quantitative estimate of drug-likeness (QED) is 0.573. The van der Waals surface area contributed by atoms with Crippen LogP contribution < -0.4 is 5.32 Å². The molecule has 0 saturated carbocycles. The molecule has 32 heavy (non-hydrogen) atoms. The van der Waals surface area contributed by atoms with Crippen LogP contribution in [0, 0.1) is 20.8 Å². The van der Waals surface area contributed by atoms with E-state index in [0.29, 0.717) is 13.0 Å². The summed E-state index contributed by atoms with van der Waals surface area (Å²) in [5, 5.41) is 2.76. The van der Waals surface area contributed by atoms with E-state index in [4.69, 9.17) is 0 Å². The Hall–Kier alpha value is -3.40. The molecule has 0 aromatic heterocycles. The molecule has 3 aromatic rings. The van der Waals surface area contributed by atoms with E-state index < -0.39 is 6.04 Å². The lowest BCUT2D eigenvalue weighted by Crippen LogP contribution is -2.50. The van der Waals surface area contributed by atoms with E-state index in [1.54, 1.807) is 11.9 Å². The van der Waals surface area contributed by atoms with Crippen LogP contribution in [0.4, 0.5) is 0 Å². The molecule has 0 spiro atoms. The monoisotopic (exact) mass is 428 g/mol. The smallest absolute Gasteiger partial charge is 0.242 e. The number of aryl methyl sites for hydroxylation is 3. The van der Waals surface area contributed by atoms with Gasteiger partial charge < -0.3 is 10.2 Å². The van der Waals surface area contributed by atoms with E-state index in [2.05, 4.69) is 25.2 Å². The summed E-state index contributed by atoms with van der Waals surface area (Å²) in [4.78, 5) is 28.3. The van der Waals surface area contributed by atoms with Gasteiger partial charge in [0.1, 0.15) is 6.04 Å². The van der Waals surface area contributed by atoms with Crippen molar-refractivity contribution in [2.24, 2.45) is 0 Å². The summed E-state index contributed by atoms with van der Waals surface area (Å²) in [6, 6.07) is 23.5. The van der Waals surface area contributed by atoms with Crippen LogP contribution >= 0.6 is 0 Å². The third kappa shape index (κ3) is 6.07. The third-order valence-electron chi connectivity index (χ3n) is 5.92. The maximum Gasteiger partial charge on any atom is 0.242 e. The lowest BCUT2D eigenvalue weighted by Gasteiger charge is -2.31. The fourth-order valence-corrected chi connectivity index (χ4v) is 3.80. The highest BCUT2D eigenvalue weighted by Crippen LogP contribution is 2.18. The minimum absolute atomic E-state index is 0.0571. The van der Waals surface area contributed by atoms with Crippen molar-refractivity contribution < 1.29 is 9.59 Å². The number of nitrogens with zero attached hydrogens (tertiary/aromatic N) is 1. The van der Waals surface area contributed by atoms with Gasteiger partial charge in [0.25, 0.3) is 0 Å². The zero-order valence-electron chi connectivity index (χ0n) is 19.4. The molecule has 4 heteroatoms. The minimum Gasteiger partial charge on any atom is -0.357 e. The van der Waals surface area contributed by atoms with E-state index >= 15 is 0 Å². The van der Waals surface area contributed by atoms with Crippen molar-refractivity contribution in [2.45, 2.75) is 46.2 Å². The molecule has 0 aliphatic rings. The summed E-state index contributed by atoms with van der Waals surface area (Å²) < 4.78 is 0. The van der Waals surface area contributed by atoms with Crippen LogP contribution in [0.5, 0.6) is 0 Å². The van der Waals surface area contributed by atoms with Crippen LogP contribution in [-0.2, 0) is 29.0 Å². The van der Waals surface area contributed by atoms with Gasteiger partial charge in [0.15, 0.2) is 0 Å². The molecule has 0 heterocycles. The number of benzene rings is 3. The van der Waals surface area contributed by atoms with Crippen LogP contribution in [0.25, 0.3) is 0 Å². The van der Waals surface area contributed by atoms with E-state index in [0.717, 1.165) is 27.8 Å². The van der Waals surface area contributed by atoms with Gasteiger partial charge >= 0.3 is 0 Å². The number of nitrogens with one attached hydrogen (secondary N) is 1. The number of likely N-dealkylation sites (N-methyl/N-ethyl adjacent to an activating group) is 1. The van der Waals surface area contributed by atoms with Crippen molar-refractivity contribution >= 4 is 11.8 Å². The molecule has 0 aliphatic heterocycles. The maximum atomic E-state index is 13.6. The number of carbonyl (C=O) groups is 2. The number of hydrogen-bond donors (Lipinski definition) is 1. The van der Waals surface area contributed by atoms with Crippen LogP contribution in [0.1, 0.15) is 33.4 Å². The SMILES string of the molecule is CNC(=O)[C@@H](Cc1ccccc1)N(Cc1ccc(C)cc1)C(=O)Cc1ccc(C)c(C)c1. The van der Waals surface area contributed by atoms with Crippen LogP contribution in [0.2, 0.25) is 0 Å². The second-order valence-electron chi connectivity index (χ2n) is 8.42. The van der Waals surface area contributed by atoms with Gasteiger partial charge in [-0.3, -0.25) is 9.59 Å². The van der Waals surface area contributed by atoms with Crippen molar-refractivity contribution in [3.8, 4) is 0 Å². The Morgan fingerprint density at radius 2 is 1.47 bits per heavy atom. The molecular formula is C28H32N2O2. The highest BCUT2D eigenvalue weighted by Gasteiger charge is 2.29. The number of hydrogen-bond acceptors (Lipinski definition) is 2. The predicted molar refractivity (Wildman–Crippen MR) is 129 cm³/mol. The molecule has 0 saturated heterocycles. The number of amides is 2. The van der Waals surface area contributed by atoms with Gasteiger partial charge in [-0.25, -0.2) is 0 Å². The first-order valence-electron chi connectivity index (χ1n) is 11.0. The lowest BCUT2D eigenvalue weighted by molar-refractivity contribution is -0.140. The predicted octanol–water partition coefficient (Wildman–Crippen LogP) is 4.54. The fraction of sp³-hybridized carbons (Fsp3) is 0.286. The number of carbonyl (C=O) groups excluding carboxylic acids is 2. The average Bonchev–Trinajstić information content (AvgIpc) is 2.80. The Kier molecular flexibility index (Phi) is 7.82. The highest BCUT2D eigenvalue weighted by atomic mass is 16.2. The topological polar surface area (TPSA) is 49.4 Å². The first-order valence-corrected chi connectivity index (χ1v) is 11.0. The molecule has 3 aromatic carbocycles. The summed E-state index contributed by atoms with van der Waals surface area (Å²) in [5.74, 6) is -0.215. The Labute approximate surface area is 191 Å². The number of rotatable bonds is 8. The second kappa shape index (κ2) is 10.8. The molecule has 0 radical (unpaired) electrons. The molecule has 166 valence electrons. The molecule has 0 unspecified atom stereocenters. The molecule has 1 atom stereocenters. The van der Waals surface area contributed by atoms with Gasteiger partial charge in [-0.05, 0) is 48.6 Å². The minimum atomic E-state index is -0.595. The third-order valence-corrected chi connectivity index (χ3v) is 5.92. The average molecular weight is 429 g/mol. The Morgan fingerprint density at radius 1 is 0.812 bits per heavy atom. The van der Waals surface area contributed by atoms with Crippen LogP contribution in [-0.4, -0.2) is 29.8 Å². The summed E-state index contributed by atoms with van der Waals surface area (Å²) in [6.07, 6.45) is 0.723. The van der Waals surface area contributed by atoms with Gasteiger partial charge in [0.05, 0.1) is 6.42 Å². The van der Waals surface area contributed by atoms with Gasteiger partial charge in [0.2, 0.25) is 11.8 Å². The van der Waals surface area contributed by atoms with E-state index in [9.17, 15) is 9.59 Å². The zero-order valence-corrected chi connectivity index (χ0v) is 19.4. The second-order valence-corrected chi connectivity index (χ2v) is 8.42. The lowest BCUT2D eigenvalue weighted by atomic mass is 10.00. The molecule has 0 aliphatic carbocycles. The van der Waals surface area contributed by atoms with Crippen LogP contribution in [0.3, 0.4) is 0 Å². The molecule has 1 N–H and O–H groups in total. The molecule has 2 amide bonds. The molecule has 3 rings (SSSR count). The summed E-state index contributed by atoms with van der Waals surface area (Å²) in [5.41, 5.74) is 6.51. The molecule has 0 bridgehead atoms. The Balaban J connectivity index is 1.93. The standard InChI is InChI=1S/C28H32N2O2/c1-20-10-13-24(14-11-20)19-30(27(31)18-25-15-12-21(2)22(3)16-25)26(28(32)29-4)17-23-8-6-5-7-9-23/h5-16,26H,17-19H2,1-4H3,(H,29,32)/t26-/m1/s1. The Morgan fingerprint density at radius 3 is 2.09 bits per heavy atom. The highest BCUT2D eigenvalue weighted by molar-refractivity contribution is 5.88.